The van der Waals surface area contributed by atoms with Crippen molar-refractivity contribution in [3.8, 4) is 0 Å². The van der Waals surface area contributed by atoms with Crippen LogP contribution in [0.2, 0.25) is 0 Å². The maximum Gasteiger partial charge on any atom is 0.233 e. The molecule has 1 aliphatic heterocycles. The van der Waals surface area contributed by atoms with Crippen molar-refractivity contribution in [1.29, 1.82) is 0 Å². The Morgan fingerprint density at radius 1 is 1.00 bits per heavy atom. The number of nitrogens with one attached hydrogen (secondary N) is 1. The lowest BCUT2D eigenvalue weighted by Gasteiger charge is -2.34. The number of likely N-dealkylation sites (tertiary alicyclic amines) is 1. The molecule has 5 atom stereocenters. The Morgan fingerprint density at radius 3 is 2.25 bits per heavy atom. The molecule has 2 saturated carbocycles. The third-order valence-corrected chi connectivity index (χ3v) is 6.55. The van der Waals surface area contributed by atoms with Crippen molar-refractivity contribution in [2.75, 3.05) is 6.54 Å². The van der Waals surface area contributed by atoms with Gasteiger partial charge in [-0.2, -0.15) is 0 Å². The molecule has 1 saturated heterocycles. The van der Waals surface area contributed by atoms with E-state index in [9.17, 15) is 14.4 Å². The lowest BCUT2D eigenvalue weighted by molar-refractivity contribution is -0.140. The van der Waals surface area contributed by atoms with Crippen LogP contribution in [-0.2, 0) is 14.4 Å². The van der Waals surface area contributed by atoms with Crippen LogP contribution in [0.5, 0.6) is 0 Å². The highest BCUT2D eigenvalue weighted by molar-refractivity contribution is 6.05. The summed E-state index contributed by atoms with van der Waals surface area (Å²) in [4.78, 5) is 38.5. The number of carbonyl (C=O) groups is 3. The average Bonchev–Trinajstić information content (AvgIpc) is 2.82. The molecule has 5 heteroatoms. The molecule has 1 N–H and O–H groups in total. The van der Waals surface area contributed by atoms with E-state index >= 15 is 0 Å². The van der Waals surface area contributed by atoms with Gasteiger partial charge in [0.15, 0.2) is 0 Å². The molecule has 24 heavy (non-hydrogen) atoms. The predicted octanol–water partition coefficient (Wildman–Crippen LogP) is 2.49. The van der Waals surface area contributed by atoms with E-state index in [1.807, 2.05) is 0 Å². The summed E-state index contributed by atoms with van der Waals surface area (Å²) in [6.45, 7) is 4.69. The van der Waals surface area contributed by atoms with Crippen molar-refractivity contribution in [1.82, 2.24) is 10.2 Å². The fourth-order valence-corrected chi connectivity index (χ4v) is 4.73. The molecule has 3 rings (SSSR count). The molecular formula is C19H30N2O3. The van der Waals surface area contributed by atoms with E-state index in [0.29, 0.717) is 11.8 Å². The zero-order valence-corrected chi connectivity index (χ0v) is 14.9. The minimum absolute atomic E-state index is 0.0311. The molecule has 3 amide bonds. The monoisotopic (exact) mass is 334 g/mol. The van der Waals surface area contributed by atoms with Gasteiger partial charge in [-0.3, -0.25) is 19.3 Å². The molecule has 134 valence electrons. The van der Waals surface area contributed by atoms with E-state index in [1.54, 1.807) is 0 Å². The zero-order chi connectivity index (χ0) is 17.3. The summed E-state index contributed by atoms with van der Waals surface area (Å²) in [5.41, 5.74) is 0. The molecule has 0 aromatic rings. The first kappa shape index (κ1) is 17.4. The number of hydrogen-bond donors (Lipinski definition) is 1. The number of amides is 3. The number of imide groups is 1. The minimum Gasteiger partial charge on any atom is -0.353 e. The maximum atomic E-state index is 12.4. The van der Waals surface area contributed by atoms with Crippen molar-refractivity contribution >= 4 is 17.7 Å². The first-order valence-electron chi connectivity index (χ1n) is 9.63. The van der Waals surface area contributed by atoms with Gasteiger partial charge in [0.2, 0.25) is 17.7 Å². The Labute approximate surface area is 144 Å². The van der Waals surface area contributed by atoms with E-state index in [4.69, 9.17) is 0 Å². The van der Waals surface area contributed by atoms with Gasteiger partial charge in [-0.25, -0.2) is 0 Å². The molecule has 0 spiro atoms. The molecule has 0 aromatic heterocycles. The van der Waals surface area contributed by atoms with Gasteiger partial charge in [-0.05, 0) is 31.1 Å². The molecule has 1 heterocycles. The molecule has 5 nitrogen and oxygen atoms in total. The SMILES string of the molecule is CC1CCCC(NC(=O)CCN2C(=O)C3CCCCC3C2=O)C1C. The first-order valence-corrected chi connectivity index (χ1v) is 9.63. The second-order valence-corrected chi connectivity index (χ2v) is 8.02. The maximum absolute atomic E-state index is 12.4. The molecule has 0 aromatic carbocycles. The lowest BCUT2D eigenvalue weighted by atomic mass is 9.78. The van der Waals surface area contributed by atoms with Crippen LogP contribution in [0.15, 0.2) is 0 Å². The quantitative estimate of drug-likeness (QED) is 0.803. The summed E-state index contributed by atoms with van der Waals surface area (Å²) in [5.74, 6) is 0.766. The van der Waals surface area contributed by atoms with E-state index < -0.39 is 0 Å². The predicted molar refractivity (Wildman–Crippen MR) is 90.9 cm³/mol. The summed E-state index contributed by atoms with van der Waals surface area (Å²) in [6, 6.07) is 0.230. The Morgan fingerprint density at radius 2 is 1.62 bits per heavy atom. The molecule has 0 bridgehead atoms. The fraction of sp³-hybridized carbons (Fsp3) is 0.842. The minimum atomic E-state index is -0.117. The second-order valence-electron chi connectivity index (χ2n) is 8.02. The van der Waals surface area contributed by atoms with Gasteiger partial charge in [0.05, 0.1) is 11.8 Å². The van der Waals surface area contributed by atoms with Crippen molar-refractivity contribution < 1.29 is 14.4 Å². The average molecular weight is 334 g/mol. The van der Waals surface area contributed by atoms with Gasteiger partial charge < -0.3 is 5.32 Å². The largest absolute Gasteiger partial charge is 0.353 e. The Kier molecular flexibility index (Phi) is 5.26. The lowest BCUT2D eigenvalue weighted by Crippen LogP contribution is -2.45. The zero-order valence-electron chi connectivity index (χ0n) is 14.9. The topological polar surface area (TPSA) is 66.5 Å². The van der Waals surface area contributed by atoms with Crippen molar-refractivity contribution in [3.63, 3.8) is 0 Å². The van der Waals surface area contributed by atoms with Crippen LogP contribution < -0.4 is 5.32 Å². The van der Waals surface area contributed by atoms with Gasteiger partial charge in [0.25, 0.3) is 0 Å². The summed E-state index contributed by atoms with van der Waals surface area (Å²) in [6.07, 6.45) is 7.37. The van der Waals surface area contributed by atoms with Gasteiger partial charge in [-0.15, -0.1) is 0 Å². The Bertz CT molecular complexity index is 495. The van der Waals surface area contributed by atoms with Crippen LogP contribution in [-0.4, -0.2) is 35.2 Å². The Balaban J connectivity index is 1.51. The van der Waals surface area contributed by atoms with Gasteiger partial charge in [-0.1, -0.05) is 39.5 Å². The van der Waals surface area contributed by atoms with Crippen molar-refractivity contribution in [2.45, 2.75) is 71.3 Å². The van der Waals surface area contributed by atoms with E-state index in [0.717, 1.165) is 38.5 Å². The van der Waals surface area contributed by atoms with Gasteiger partial charge in [0, 0.05) is 19.0 Å². The molecular weight excluding hydrogens is 304 g/mol. The highest BCUT2D eigenvalue weighted by atomic mass is 16.2. The van der Waals surface area contributed by atoms with E-state index in [2.05, 4.69) is 19.2 Å². The van der Waals surface area contributed by atoms with Crippen molar-refractivity contribution in [3.05, 3.63) is 0 Å². The standard InChI is InChI=1S/C19H30N2O3/c1-12-6-5-9-16(13(12)2)20-17(22)10-11-21-18(23)14-7-3-4-8-15(14)19(21)24/h12-16H,3-11H2,1-2H3,(H,20,22). The van der Waals surface area contributed by atoms with Crippen LogP contribution >= 0.6 is 0 Å². The third kappa shape index (κ3) is 3.35. The smallest absolute Gasteiger partial charge is 0.233 e. The molecule has 3 fully saturated rings. The number of rotatable bonds is 4. The van der Waals surface area contributed by atoms with Gasteiger partial charge in [0.1, 0.15) is 0 Å². The van der Waals surface area contributed by atoms with Crippen LogP contribution in [0.1, 0.15) is 65.2 Å². The van der Waals surface area contributed by atoms with Crippen LogP contribution in [0, 0.1) is 23.7 Å². The molecule has 2 aliphatic carbocycles. The third-order valence-electron chi connectivity index (χ3n) is 6.55. The molecule has 3 aliphatic rings. The van der Waals surface area contributed by atoms with E-state index in [1.165, 1.54) is 11.3 Å². The number of carbonyl (C=O) groups excluding carboxylic acids is 3. The second kappa shape index (κ2) is 7.24. The van der Waals surface area contributed by atoms with Crippen LogP contribution in [0.4, 0.5) is 0 Å². The summed E-state index contributed by atoms with van der Waals surface area (Å²) in [5, 5.41) is 3.13. The first-order chi connectivity index (χ1) is 11.5. The van der Waals surface area contributed by atoms with Crippen LogP contribution in [0.3, 0.4) is 0 Å². The number of hydrogen-bond acceptors (Lipinski definition) is 3. The fourth-order valence-electron chi connectivity index (χ4n) is 4.73. The highest BCUT2D eigenvalue weighted by Crippen LogP contribution is 2.38. The summed E-state index contributed by atoms with van der Waals surface area (Å²) >= 11 is 0. The van der Waals surface area contributed by atoms with E-state index in [-0.39, 0.29) is 48.6 Å². The van der Waals surface area contributed by atoms with Crippen LogP contribution in [0.25, 0.3) is 0 Å². The Hall–Kier alpha value is -1.39. The summed E-state index contributed by atoms with van der Waals surface area (Å²) in [7, 11) is 0. The van der Waals surface area contributed by atoms with Gasteiger partial charge >= 0.3 is 0 Å². The molecule has 0 radical (unpaired) electrons. The number of nitrogens with zero attached hydrogens (tertiary/aromatic N) is 1. The molecule has 5 unspecified atom stereocenters. The normalized spacial score (nSPS) is 36.6. The summed E-state index contributed by atoms with van der Waals surface area (Å²) < 4.78 is 0. The highest BCUT2D eigenvalue weighted by Gasteiger charge is 2.47. The number of fused-ring (bicyclic) bond motifs is 1. The van der Waals surface area contributed by atoms with Crippen molar-refractivity contribution in [2.24, 2.45) is 23.7 Å².